The monoisotopic (exact) mass is 380 g/mol. The quantitative estimate of drug-likeness (QED) is 0.796. The summed E-state index contributed by atoms with van der Waals surface area (Å²) < 4.78 is 28.1. The minimum absolute atomic E-state index is 0.123. The first-order valence-corrected chi connectivity index (χ1v) is 10.1. The van der Waals surface area contributed by atoms with Gasteiger partial charge in [-0.2, -0.15) is 0 Å². The van der Waals surface area contributed by atoms with E-state index in [1.54, 1.807) is 12.1 Å². The van der Waals surface area contributed by atoms with Crippen LogP contribution in [0.25, 0.3) is 11.3 Å². The molecule has 1 aromatic carbocycles. The number of aliphatic hydroxyl groups excluding tert-OH is 1. The van der Waals surface area contributed by atoms with Crippen molar-refractivity contribution in [2.75, 3.05) is 12.8 Å². The molecule has 2 N–H and O–H groups in total. The second kappa shape index (κ2) is 7.59. The summed E-state index contributed by atoms with van der Waals surface area (Å²) in [4.78, 5) is 12.3. The zero-order chi connectivity index (χ0) is 19.5. The third kappa shape index (κ3) is 5.15. The van der Waals surface area contributed by atoms with Gasteiger partial charge in [0.15, 0.2) is 21.3 Å². The predicted octanol–water partition coefficient (Wildman–Crippen LogP) is 2.27. The van der Waals surface area contributed by atoms with Crippen molar-refractivity contribution in [2.24, 2.45) is 5.41 Å². The lowest BCUT2D eigenvalue weighted by Crippen LogP contribution is -2.32. The molecule has 2 aromatic rings. The van der Waals surface area contributed by atoms with Crippen LogP contribution in [0.5, 0.6) is 0 Å². The molecule has 2 rings (SSSR count). The highest BCUT2D eigenvalue weighted by molar-refractivity contribution is 7.90. The lowest BCUT2D eigenvalue weighted by molar-refractivity contribution is 0.0550. The number of nitrogens with zero attached hydrogens (tertiary/aromatic N) is 1. The maximum absolute atomic E-state index is 12.1. The maximum Gasteiger partial charge on any atom is 0.273 e. The largest absolute Gasteiger partial charge is 0.393 e. The number of aromatic nitrogens is 1. The third-order valence-electron chi connectivity index (χ3n) is 4.01. The number of benzene rings is 1. The van der Waals surface area contributed by atoms with Crippen LogP contribution >= 0.6 is 0 Å². The maximum atomic E-state index is 12.1. The molecule has 1 aromatic heterocycles. The second-order valence-corrected chi connectivity index (χ2v) is 9.32. The highest BCUT2D eigenvalue weighted by atomic mass is 32.2. The first-order chi connectivity index (χ1) is 12.0. The zero-order valence-corrected chi connectivity index (χ0v) is 16.1. The summed E-state index contributed by atoms with van der Waals surface area (Å²) in [6.07, 6.45) is 1.05. The molecule has 0 spiro atoms. The molecule has 1 amide bonds. The average molecular weight is 380 g/mol. The minimum atomic E-state index is -3.27. The number of carbonyl (C=O) groups is 1. The number of sulfone groups is 1. The third-order valence-corrected chi connectivity index (χ3v) is 5.14. The van der Waals surface area contributed by atoms with Crippen molar-refractivity contribution in [1.82, 2.24) is 10.5 Å². The molecule has 0 radical (unpaired) electrons. The van der Waals surface area contributed by atoms with Gasteiger partial charge in [-0.25, -0.2) is 8.42 Å². The molecule has 0 aliphatic carbocycles. The Hall–Kier alpha value is -2.19. The molecule has 0 bridgehead atoms. The number of amides is 1. The Labute approximate surface area is 153 Å². The molecule has 142 valence electrons. The van der Waals surface area contributed by atoms with Crippen molar-refractivity contribution < 1.29 is 22.8 Å². The second-order valence-electron chi connectivity index (χ2n) is 7.30. The Kier molecular flexibility index (Phi) is 5.87. The van der Waals surface area contributed by atoms with Crippen LogP contribution in [0, 0.1) is 5.41 Å². The van der Waals surface area contributed by atoms with Crippen LogP contribution in [0.1, 0.15) is 37.7 Å². The molecule has 8 heteroatoms. The topological polar surface area (TPSA) is 110 Å². The van der Waals surface area contributed by atoms with Crippen LogP contribution in [-0.4, -0.2) is 43.5 Å². The summed E-state index contributed by atoms with van der Waals surface area (Å²) in [5.74, 6) is -0.0289. The summed E-state index contributed by atoms with van der Waals surface area (Å²) >= 11 is 0. The predicted molar refractivity (Wildman–Crippen MR) is 97.5 cm³/mol. The molecule has 1 atom stereocenters. The summed E-state index contributed by atoms with van der Waals surface area (Å²) in [7, 11) is -3.27. The molecule has 26 heavy (non-hydrogen) atoms. The minimum Gasteiger partial charge on any atom is -0.393 e. The van der Waals surface area contributed by atoms with E-state index in [2.05, 4.69) is 10.5 Å². The Balaban J connectivity index is 1.99. The normalized spacial score (nSPS) is 13.4. The Morgan fingerprint density at radius 3 is 2.42 bits per heavy atom. The van der Waals surface area contributed by atoms with Crippen molar-refractivity contribution in [3.63, 3.8) is 0 Å². The molecule has 1 heterocycles. The smallest absolute Gasteiger partial charge is 0.273 e. The van der Waals surface area contributed by atoms with E-state index >= 15 is 0 Å². The van der Waals surface area contributed by atoms with Gasteiger partial charge in [-0.3, -0.25) is 4.79 Å². The Morgan fingerprint density at radius 2 is 1.88 bits per heavy atom. The Morgan fingerprint density at radius 1 is 1.27 bits per heavy atom. The molecule has 0 aliphatic rings. The number of carbonyl (C=O) groups excluding carboxylic acids is 1. The van der Waals surface area contributed by atoms with Crippen molar-refractivity contribution >= 4 is 15.7 Å². The lowest BCUT2D eigenvalue weighted by atomic mass is 9.87. The van der Waals surface area contributed by atoms with Crippen molar-refractivity contribution in [2.45, 2.75) is 38.2 Å². The van der Waals surface area contributed by atoms with Crippen molar-refractivity contribution in [3.8, 4) is 11.3 Å². The van der Waals surface area contributed by atoms with E-state index in [-0.39, 0.29) is 16.0 Å². The molecule has 0 aliphatic heterocycles. The van der Waals surface area contributed by atoms with E-state index in [9.17, 15) is 18.3 Å². The van der Waals surface area contributed by atoms with E-state index in [0.29, 0.717) is 24.3 Å². The van der Waals surface area contributed by atoms with Crippen LogP contribution in [0.3, 0.4) is 0 Å². The molecule has 0 saturated carbocycles. The standard InChI is InChI=1S/C18H24N2O5S/c1-18(2,3)16(21)9-10-19-17(22)14-11-15(25-20-14)12-5-7-13(8-6-12)26(4,23)24/h5-8,11,16,21H,9-10H2,1-4H3,(H,19,22). The van der Waals surface area contributed by atoms with Gasteiger partial charge in [0.05, 0.1) is 11.0 Å². The number of hydrogen-bond donors (Lipinski definition) is 2. The summed E-state index contributed by atoms with van der Waals surface area (Å²) in [5, 5.41) is 16.4. The van der Waals surface area contributed by atoms with Gasteiger partial charge in [0.2, 0.25) is 0 Å². The van der Waals surface area contributed by atoms with Gasteiger partial charge < -0.3 is 14.9 Å². The summed E-state index contributed by atoms with van der Waals surface area (Å²) in [6.45, 7) is 6.11. The van der Waals surface area contributed by atoms with Gasteiger partial charge in [0.25, 0.3) is 5.91 Å². The molecular formula is C18H24N2O5S. The molecule has 1 unspecified atom stereocenters. The van der Waals surface area contributed by atoms with Gasteiger partial charge in [0, 0.05) is 24.4 Å². The molecule has 0 fully saturated rings. The highest BCUT2D eigenvalue weighted by Crippen LogP contribution is 2.23. The van der Waals surface area contributed by atoms with E-state index in [1.807, 2.05) is 20.8 Å². The number of hydrogen-bond acceptors (Lipinski definition) is 6. The van der Waals surface area contributed by atoms with Gasteiger partial charge >= 0.3 is 0 Å². The van der Waals surface area contributed by atoms with Crippen LogP contribution in [0.2, 0.25) is 0 Å². The van der Waals surface area contributed by atoms with E-state index in [0.717, 1.165) is 6.26 Å². The van der Waals surface area contributed by atoms with Crippen LogP contribution in [-0.2, 0) is 9.84 Å². The van der Waals surface area contributed by atoms with E-state index < -0.39 is 21.8 Å². The zero-order valence-electron chi connectivity index (χ0n) is 15.3. The average Bonchev–Trinajstić information content (AvgIpc) is 3.03. The molecule has 7 nitrogen and oxygen atoms in total. The summed E-state index contributed by atoms with van der Waals surface area (Å²) in [5.41, 5.74) is 0.494. The molecule has 0 saturated heterocycles. The Bertz CT molecular complexity index is 864. The fraction of sp³-hybridized carbons (Fsp3) is 0.444. The fourth-order valence-corrected chi connectivity index (χ4v) is 2.86. The van der Waals surface area contributed by atoms with Crippen LogP contribution in [0.15, 0.2) is 39.8 Å². The lowest BCUT2D eigenvalue weighted by Gasteiger charge is -2.25. The molecular weight excluding hydrogens is 356 g/mol. The fourth-order valence-electron chi connectivity index (χ4n) is 2.23. The van der Waals surface area contributed by atoms with E-state index in [4.69, 9.17) is 4.52 Å². The van der Waals surface area contributed by atoms with Crippen LogP contribution < -0.4 is 5.32 Å². The number of rotatable bonds is 6. The van der Waals surface area contributed by atoms with Gasteiger partial charge in [-0.1, -0.05) is 25.9 Å². The van der Waals surface area contributed by atoms with Crippen molar-refractivity contribution in [1.29, 1.82) is 0 Å². The first-order valence-electron chi connectivity index (χ1n) is 8.22. The van der Waals surface area contributed by atoms with Gasteiger partial charge in [0.1, 0.15) is 0 Å². The van der Waals surface area contributed by atoms with E-state index in [1.165, 1.54) is 18.2 Å². The van der Waals surface area contributed by atoms with Gasteiger partial charge in [-0.05, 0) is 36.1 Å². The SMILES string of the molecule is CC(C)(C)C(O)CCNC(=O)c1cc(-c2ccc(S(C)(=O)=O)cc2)on1. The van der Waals surface area contributed by atoms with Gasteiger partial charge in [-0.15, -0.1) is 0 Å². The number of nitrogens with one attached hydrogen (secondary N) is 1. The highest BCUT2D eigenvalue weighted by Gasteiger charge is 2.22. The summed E-state index contributed by atoms with van der Waals surface area (Å²) in [6, 6.07) is 7.63. The van der Waals surface area contributed by atoms with Crippen molar-refractivity contribution in [3.05, 3.63) is 36.0 Å². The van der Waals surface area contributed by atoms with Crippen LogP contribution in [0.4, 0.5) is 0 Å². The first kappa shape index (κ1) is 20.1. The number of aliphatic hydroxyl groups is 1.